The lowest BCUT2D eigenvalue weighted by Gasteiger charge is -2.33. The van der Waals surface area contributed by atoms with Crippen LogP contribution in [0.1, 0.15) is 47.2 Å². The molecule has 0 radical (unpaired) electrons. The molecular formula is C77H68N2. The first kappa shape index (κ1) is 52.9. The van der Waals surface area contributed by atoms with Crippen molar-refractivity contribution in [2.45, 2.75) is 46.0 Å². The molecule has 0 aliphatic heterocycles. The molecule has 2 nitrogen and oxygen atoms in total. The van der Waals surface area contributed by atoms with Gasteiger partial charge in [0.05, 0.1) is 0 Å². The highest BCUT2D eigenvalue weighted by Gasteiger charge is 2.44. The Balaban J connectivity index is 0.00000112. The fraction of sp³-hybridized carbons (Fsp3) is 0.0909. The summed E-state index contributed by atoms with van der Waals surface area (Å²) >= 11 is 0. The Hall–Kier alpha value is -9.50. The highest BCUT2D eigenvalue weighted by atomic mass is 15.1. The summed E-state index contributed by atoms with van der Waals surface area (Å²) in [5, 5.41) is 0. The first-order valence-corrected chi connectivity index (χ1v) is 27.5. The van der Waals surface area contributed by atoms with Crippen molar-refractivity contribution in [1.29, 1.82) is 0 Å². The van der Waals surface area contributed by atoms with Gasteiger partial charge in [-0.05, 0) is 192 Å². The molecule has 0 bridgehead atoms. The summed E-state index contributed by atoms with van der Waals surface area (Å²) in [5.74, 6) is 0. The largest absolute Gasteiger partial charge is 0.311 e. The van der Waals surface area contributed by atoms with Crippen molar-refractivity contribution in [2.24, 2.45) is 0 Å². The van der Waals surface area contributed by atoms with Crippen LogP contribution in [0.25, 0.3) is 44.5 Å². The standard InChI is InChI=1S/C71H56N2.2C3H6/c1-51-23-27-55(28-24-51)56-29-39-64(40-30-56)73(62-21-13-6-14-22-62)66-43-33-58(34-44-66)60-36-46-68-67-45-35-59(57-31-41-65(42-32-57)72(61-19-11-5-12-20-61)63-37-25-52(2)26-38-63)47-69(67)71(70(68)48-60,49-53-15-7-3-8-16-53)50-54-17-9-4-10-18-54;2*1-3-2/h3-48H,49-50H2,1-2H3;2*3H,1H2,2H3. The van der Waals surface area contributed by atoms with Crippen LogP contribution in [0, 0.1) is 13.8 Å². The first-order chi connectivity index (χ1) is 38.8. The quantitative estimate of drug-likeness (QED) is 0.106. The summed E-state index contributed by atoms with van der Waals surface area (Å²) in [6.45, 7) is 14.8. The van der Waals surface area contributed by atoms with E-state index in [-0.39, 0.29) is 5.41 Å². The molecule has 2 heteroatoms. The van der Waals surface area contributed by atoms with Gasteiger partial charge in [0.15, 0.2) is 0 Å². The van der Waals surface area contributed by atoms with Crippen molar-refractivity contribution in [1.82, 2.24) is 0 Å². The van der Waals surface area contributed by atoms with E-state index in [1.807, 2.05) is 13.8 Å². The summed E-state index contributed by atoms with van der Waals surface area (Å²) in [6, 6.07) is 103. The number of rotatable bonds is 13. The van der Waals surface area contributed by atoms with Crippen LogP contribution in [-0.4, -0.2) is 0 Å². The van der Waals surface area contributed by atoms with Crippen LogP contribution in [-0.2, 0) is 18.3 Å². The van der Waals surface area contributed by atoms with Crippen LogP contribution in [0.2, 0.25) is 0 Å². The van der Waals surface area contributed by atoms with Gasteiger partial charge in [0, 0.05) is 39.5 Å². The molecule has 79 heavy (non-hydrogen) atoms. The highest BCUT2D eigenvalue weighted by molar-refractivity contribution is 5.88. The fourth-order valence-corrected chi connectivity index (χ4v) is 11.1. The average molecular weight is 1020 g/mol. The molecule has 12 rings (SSSR count). The zero-order valence-electron chi connectivity index (χ0n) is 45.9. The maximum absolute atomic E-state index is 3.36. The molecule has 0 N–H and O–H groups in total. The first-order valence-electron chi connectivity index (χ1n) is 27.5. The Morgan fingerprint density at radius 1 is 0.304 bits per heavy atom. The smallest absolute Gasteiger partial charge is 0.0462 e. The van der Waals surface area contributed by atoms with Gasteiger partial charge >= 0.3 is 0 Å². The van der Waals surface area contributed by atoms with Gasteiger partial charge in [0.1, 0.15) is 0 Å². The van der Waals surface area contributed by atoms with Gasteiger partial charge in [0.2, 0.25) is 0 Å². The molecule has 1 aliphatic carbocycles. The Labute approximate surface area is 469 Å². The van der Waals surface area contributed by atoms with Crippen molar-refractivity contribution in [3.8, 4) is 44.5 Å². The minimum absolute atomic E-state index is 0.344. The number of hydrogen-bond acceptors (Lipinski definition) is 2. The number of benzene rings is 11. The number of anilines is 6. The highest BCUT2D eigenvalue weighted by Crippen LogP contribution is 2.54. The molecule has 0 aromatic heterocycles. The number of nitrogens with zero attached hydrogens (tertiary/aromatic N) is 2. The van der Waals surface area contributed by atoms with Crippen molar-refractivity contribution < 1.29 is 0 Å². The molecule has 0 amide bonds. The van der Waals surface area contributed by atoms with Gasteiger partial charge < -0.3 is 9.80 Å². The maximum atomic E-state index is 3.36. The summed E-state index contributed by atoms with van der Waals surface area (Å²) in [4.78, 5) is 4.68. The fourth-order valence-electron chi connectivity index (χ4n) is 11.1. The Morgan fingerprint density at radius 2 is 0.544 bits per heavy atom. The van der Waals surface area contributed by atoms with Crippen LogP contribution in [0.15, 0.2) is 304 Å². The summed E-state index contributed by atoms with van der Waals surface area (Å²) < 4.78 is 0. The molecule has 0 spiro atoms. The Morgan fingerprint density at radius 3 is 0.873 bits per heavy atom. The number of aryl methyl sites for hydroxylation is 2. The average Bonchev–Trinajstić information content (AvgIpc) is 3.84. The summed E-state index contributed by atoms with van der Waals surface area (Å²) in [7, 11) is 0. The maximum Gasteiger partial charge on any atom is 0.0462 e. The van der Waals surface area contributed by atoms with Crippen molar-refractivity contribution in [3.05, 3.63) is 338 Å². The molecule has 11 aromatic carbocycles. The molecule has 0 saturated carbocycles. The van der Waals surface area contributed by atoms with E-state index in [1.54, 1.807) is 12.2 Å². The van der Waals surface area contributed by atoms with Crippen molar-refractivity contribution in [2.75, 3.05) is 9.80 Å². The molecule has 0 fully saturated rings. The summed E-state index contributed by atoms with van der Waals surface area (Å²) in [6.07, 6.45) is 5.23. The topological polar surface area (TPSA) is 6.48 Å². The van der Waals surface area contributed by atoms with Crippen molar-refractivity contribution >= 4 is 34.1 Å². The molecule has 1 aliphatic rings. The normalized spacial score (nSPS) is 11.6. The minimum Gasteiger partial charge on any atom is -0.311 e. The minimum atomic E-state index is -0.344. The SMILES string of the molecule is C=CC.C=CC.Cc1ccc(-c2ccc(N(c3ccccc3)c3ccc(-c4ccc5c(c4)C(Cc4ccccc4)(Cc4ccccc4)c4cc(-c6ccc(N(c7ccccc7)c7ccc(C)cc7)cc6)ccc4-5)cc3)cc2)cc1. The lowest BCUT2D eigenvalue weighted by atomic mass is 9.69. The lowest BCUT2D eigenvalue weighted by Crippen LogP contribution is -2.31. The van der Waals surface area contributed by atoms with Crippen LogP contribution in [0.3, 0.4) is 0 Å². The van der Waals surface area contributed by atoms with Crippen LogP contribution < -0.4 is 9.80 Å². The number of allylic oxidation sites excluding steroid dienone is 2. The van der Waals surface area contributed by atoms with E-state index in [4.69, 9.17) is 0 Å². The van der Waals surface area contributed by atoms with Crippen LogP contribution >= 0.6 is 0 Å². The number of para-hydroxylation sites is 2. The van der Waals surface area contributed by atoms with E-state index in [2.05, 4.69) is 316 Å². The number of fused-ring (bicyclic) bond motifs is 3. The van der Waals surface area contributed by atoms with E-state index in [1.165, 1.54) is 77.9 Å². The van der Waals surface area contributed by atoms with Gasteiger partial charge in [-0.25, -0.2) is 0 Å². The molecule has 386 valence electrons. The zero-order chi connectivity index (χ0) is 54.6. The van der Waals surface area contributed by atoms with Gasteiger partial charge in [-0.2, -0.15) is 0 Å². The second kappa shape index (κ2) is 24.7. The van der Waals surface area contributed by atoms with E-state index in [0.717, 1.165) is 47.0 Å². The predicted molar refractivity (Wildman–Crippen MR) is 340 cm³/mol. The van der Waals surface area contributed by atoms with Crippen LogP contribution in [0.5, 0.6) is 0 Å². The third-order valence-electron chi connectivity index (χ3n) is 14.8. The van der Waals surface area contributed by atoms with Gasteiger partial charge in [0.25, 0.3) is 0 Å². The molecule has 0 saturated heterocycles. The third kappa shape index (κ3) is 11.8. The van der Waals surface area contributed by atoms with Gasteiger partial charge in [-0.15, -0.1) is 13.2 Å². The zero-order valence-corrected chi connectivity index (χ0v) is 45.9. The number of hydrogen-bond donors (Lipinski definition) is 0. The predicted octanol–water partition coefficient (Wildman–Crippen LogP) is 21.4. The second-order valence-electron chi connectivity index (χ2n) is 20.4. The van der Waals surface area contributed by atoms with Gasteiger partial charge in [-0.1, -0.05) is 217 Å². The van der Waals surface area contributed by atoms with Crippen LogP contribution in [0.4, 0.5) is 34.1 Å². The molecule has 0 heterocycles. The van der Waals surface area contributed by atoms with E-state index in [0.29, 0.717) is 0 Å². The molecule has 0 atom stereocenters. The Kier molecular flexibility index (Phi) is 16.5. The summed E-state index contributed by atoms with van der Waals surface area (Å²) in [5.41, 5.74) is 24.2. The molecule has 0 unspecified atom stereocenters. The van der Waals surface area contributed by atoms with E-state index < -0.39 is 0 Å². The van der Waals surface area contributed by atoms with E-state index in [9.17, 15) is 0 Å². The van der Waals surface area contributed by atoms with Crippen molar-refractivity contribution in [3.63, 3.8) is 0 Å². The molecule has 11 aromatic rings. The lowest BCUT2D eigenvalue weighted by molar-refractivity contribution is 0.520. The second-order valence-corrected chi connectivity index (χ2v) is 20.4. The Bertz CT molecular complexity index is 3690. The monoisotopic (exact) mass is 1020 g/mol. The van der Waals surface area contributed by atoms with Gasteiger partial charge in [-0.3, -0.25) is 0 Å². The third-order valence-corrected chi connectivity index (χ3v) is 14.8. The molecular weight excluding hydrogens is 953 g/mol. The van der Waals surface area contributed by atoms with E-state index >= 15 is 0 Å².